The number of rotatable bonds is 1. The predicted molar refractivity (Wildman–Crippen MR) is 82.2 cm³/mol. The van der Waals surface area contributed by atoms with Crippen LogP contribution in [0.2, 0.25) is 0 Å². The molecule has 114 valence electrons. The third kappa shape index (κ3) is 2.91. The van der Waals surface area contributed by atoms with Gasteiger partial charge in [0, 0.05) is 39.1 Å². The normalized spacial score (nSPS) is 23.5. The van der Waals surface area contributed by atoms with E-state index in [0.29, 0.717) is 11.8 Å². The number of amides is 1. The standard InChI is InChI=1S/C17H24N2O2/c1-13(20)18-9-4-10-19(12-11-18)16-7-2-6-15-14(16)5-3-8-17(15)21/h3,5,8,16,21H,2,4,6-7,9-12H2,1H3. The van der Waals surface area contributed by atoms with Gasteiger partial charge in [-0.25, -0.2) is 0 Å². The number of hydrogen-bond acceptors (Lipinski definition) is 3. The Hall–Kier alpha value is -1.55. The van der Waals surface area contributed by atoms with Crippen LogP contribution < -0.4 is 0 Å². The molecule has 0 saturated carbocycles. The molecule has 0 radical (unpaired) electrons. The van der Waals surface area contributed by atoms with Crippen molar-refractivity contribution in [2.75, 3.05) is 26.2 Å². The molecular weight excluding hydrogens is 264 g/mol. The van der Waals surface area contributed by atoms with Crippen LogP contribution in [0.15, 0.2) is 18.2 Å². The lowest BCUT2D eigenvalue weighted by atomic mass is 9.86. The molecule has 1 aliphatic carbocycles. The molecule has 3 rings (SSSR count). The van der Waals surface area contributed by atoms with Crippen LogP contribution in [0.3, 0.4) is 0 Å². The van der Waals surface area contributed by atoms with E-state index in [2.05, 4.69) is 11.0 Å². The van der Waals surface area contributed by atoms with Crippen LogP contribution >= 0.6 is 0 Å². The van der Waals surface area contributed by atoms with Gasteiger partial charge in [0.1, 0.15) is 5.75 Å². The maximum atomic E-state index is 11.6. The van der Waals surface area contributed by atoms with Crippen LogP contribution in [-0.2, 0) is 11.2 Å². The van der Waals surface area contributed by atoms with Crippen LogP contribution in [0.4, 0.5) is 0 Å². The Balaban J connectivity index is 1.79. The summed E-state index contributed by atoms with van der Waals surface area (Å²) in [7, 11) is 0. The van der Waals surface area contributed by atoms with Crippen LogP contribution in [0.25, 0.3) is 0 Å². The van der Waals surface area contributed by atoms with E-state index in [1.165, 1.54) is 5.56 Å². The Morgan fingerprint density at radius 1 is 1.19 bits per heavy atom. The highest BCUT2D eigenvalue weighted by atomic mass is 16.3. The van der Waals surface area contributed by atoms with Gasteiger partial charge in [0.05, 0.1) is 0 Å². The van der Waals surface area contributed by atoms with E-state index in [1.807, 2.05) is 11.0 Å². The van der Waals surface area contributed by atoms with Gasteiger partial charge in [0.15, 0.2) is 0 Å². The molecule has 1 aliphatic heterocycles. The maximum Gasteiger partial charge on any atom is 0.219 e. The van der Waals surface area contributed by atoms with Crippen molar-refractivity contribution in [2.24, 2.45) is 0 Å². The summed E-state index contributed by atoms with van der Waals surface area (Å²) < 4.78 is 0. The molecule has 1 aromatic rings. The van der Waals surface area contributed by atoms with Crippen molar-refractivity contribution in [3.63, 3.8) is 0 Å². The van der Waals surface area contributed by atoms with Gasteiger partial charge in [-0.3, -0.25) is 9.69 Å². The number of fused-ring (bicyclic) bond motifs is 1. The largest absolute Gasteiger partial charge is 0.508 e. The lowest BCUT2D eigenvalue weighted by molar-refractivity contribution is -0.128. The van der Waals surface area contributed by atoms with Crippen LogP contribution in [0, 0.1) is 0 Å². The Labute approximate surface area is 126 Å². The number of carbonyl (C=O) groups excluding carboxylic acids is 1. The van der Waals surface area contributed by atoms with Crippen molar-refractivity contribution in [3.05, 3.63) is 29.3 Å². The Kier molecular flexibility index (Phi) is 4.15. The first-order valence-electron chi connectivity index (χ1n) is 7.97. The van der Waals surface area contributed by atoms with Gasteiger partial charge in [-0.1, -0.05) is 12.1 Å². The van der Waals surface area contributed by atoms with E-state index >= 15 is 0 Å². The fourth-order valence-corrected chi connectivity index (χ4v) is 3.75. The minimum atomic E-state index is 0.179. The van der Waals surface area contributed by atoms with Crippen molar-refractivity contribution >= 4 is 5.91 Å². The number of aromatic hydroxyl groups is 1. The van der Waals surface area contributed by atoms with E-state index in [-0.39, 0.29) is 5.91 Å². The summed E-state index contributed by atoms with van der Waals surface area (Å²) in [6, 6.07) is 6.30. The summed E-state index contributed by atoms with van der Waals surface area (Å²) in [5.74, 6) is 0.621. The molecule has 4 heteroatoms. The molecule has 1 unspecified atom stereocenters. The second kappa shape index (κ2) is 6.06. The monoisotopic (exact) mass is 288 g/mol. The van der Waals surface area contributed by atoms with Crippen LogP contribution in [0.1, 0.15) is 43.4 Å². The maximum absolute atomic E-state index is 11.6. The number of nitrogens with zero attached hydrogens (tertiary/aromatic N) is 2. The van der Waals surface area contributed by atoms with Crippen molar-refractivity contribution < 1.29 is 9.90 Å². The first-order chi connectivity index (χ1) is 10.2. The smallest absolute Gasteiger partial charge is 0.219 e. The molecule has 1 saturated heterocycles. The number of phenolic OH excluding ortho intramolecular Hbond substituents is 1. The number of hydrogen-bond donors (Lipinski definition) is 1. The van der Waals surface area contributed by atoms with Gasteiger partial charge in [0.2, 0.25) is 5.91 Å². The van der Waals surface area contributed by atoms with Gasteiger partial charge >= 0.3 is 0 Å². The summed E-state index contributed by atoms with van der Waals surface area (Å²) in [5, 5.41) is 10.1. The molecule has 1 atom stereocenters. The minimum absolute atomic E-state index is 0.179. The van der Waals surface area contributed by atoms with Crippen molar-refractivity contribution in [1.29, 1.82) is 0 Å². The Morgan fingerprint density at radius 2 is 2.05 bits per heavy atom. The van der Waals surface area contributed by atoms with Crippen LogP contribution in [0.5, 0.6) is 5.75 Å². The second-order valence-electron chi connectivity index (χ2n) is 6.15. The average molecular weight is 288 g/mol. The highest BCUT2D eigenvalue weighted by Crippen LogP contribution is 2.38. The van der Waals surface area contributed by atoms with Crippen molar-refractivity contribution in [2.45, 2.75) is 38.6 Å². The Morgan fingerprint density at radius 3 is 2.86 bits per heavy atom. The molecule has 1 N–H and O–H groups in total. The quantitative estimate of drug-likeness (QED) is 0.862. The molecule has 1 heterocycles. The van der Waals surface area contributed by atoms with Crippen molar-refractivity contribution in [3.8, 4) is 5.75 Å². The minimum Gasteiger partial charge on any atom is -0.508 e. The number of carbonyl (C=O) groups is 1. The zero-order valence-corrected chi connectivity index (χ0v) is 12.7. The molecule has 4 nitrogen and oxygen atoms in total. The highest BCUT2D eigenvalue weighted by molar-refractivity contribution is 5.73. The summed E-state index contributed by atoms with van der Waals surface area (Å²) in [5.41, 5.74) is 2.42. The molecule has 0 bridgehead atoms. The molecule has 2 aliphatic rings. The topological polar surface area (TPSA) is 43.8 Å². The van der Waals surface area contributed by atoms with Gasteiger partial charge in [-0.05, 0) is 42.9 Å². The first-order valence-corrected chi connectivity index (χ1v) is 7.97. The lowest BCUT2D eigenvalue weighted by Gasteiger charge is -2.35. The van der Waals surface area contributed by atoms with E-state index in [1.54, 1.807) is 13.0 Å². The number of phenols is 1. The fourth-order valence-electron chi connectivity index (χ4n) is 3.75. The van der Waals surface area contributed by atoms with Crippen molar-refractivity contribution in [1.82, 2.24) is 9.80 Å². The summed E-state index contributed by atoms with van der Waals surface area (Å²) in [4.78, 5) is 16.0. The predicted octanol–water partition coefficient (Wildman–Crippen LogP) is 2.32. The van der Waals surface area contributed by atoms with E-state index in [0.717, 1.165) is 57.4 Å². The van der Waals surface area contributed by atoms with Gasteiger partial charge in [0.25, 0.3) is 0 Å². The van der Waals surface area contributed by atoms with Gasteiger partial charge in [-0.2, -0.15) is 0 Å². The summed E-state index contributed by atoms with van der Waals surface area (Å²) in [6.45, 7) is 5.30. The lowest BCUT2D eigenvalue weighted by Crippen LogP contribution is -2.36. The summed E-state index contributed by atoms with van der Waals surface area (Å²) >= 11 is 0. The van der Waals surface area contributed by atoms with E-state index in [4.69, 9.17) is 0 Å². The summed E-state index contributed by atoms with van der Waals surface area (Å²) in [6.07, 6.45) is 4.29. The first kappa shape index (κ1) is 14.4. The van der Waals surface area contributed by atoms with E-state index < -0.39 is 0 Å². The Bertz CT molecular complexity index is 530. The van der Waals surface area contributed by atoms with Gasteiger partial charge < -0.3 is 10.0 Å². The number of benzene rings is 1. The zero-order valence-electron chi connectivity index (χ0n) is 12.7. The van der Waals surface area contributed by atoms with Crippen LogP contribution in [-0.4, -0.2) is 47.0 Å². The second-order valence-corrected chi connectivity index (χ2v) is 6.15. The zero-order chi connectivity index (χ0) is 14.8. The molecule has 0 aromatic heterocycles. The molecule has 1 amide bonds. The van der Waals surface area contributed by atoms with Gasteiger partial charge in [-0.15, -0.1) is 0 Å². The average Bonchev–Trinajstić information content (AvgIpc) is 2.73. The van der Waals surface area contributed by atoms with E-state index in [9.17, 15) is 9.90 Å². The molecule has 1 fully saturated rings. The third-order valence-electron chi connectivity index (χ3n) is 4.87. The fraction of sp³-hybridized carbons (Fsp3) is 0.588. The molecule has 0 spiro atoms. The molecular formula is C17H24N2O2. The SMILES string of the molecule is CC(=O)N1CCCN(C2CCCc3c(O)cccc32)CC1. The molecule has 21 heavy (non-hydrogen) atoms. The molecule has 1 aromatic carbocycles. The third-order valence-corrected chi connectivity index (χ3v) is 4.87. The highest BCUT2D eigenvalue weighted by Gasteiger charge is 2.28.